The van der Waals surface area contributed by atoms with Crippen molar-refractivity contribution in [3.63, 3.8) is 0 Å². The quantitative estimate of drug-likeness (QED) is 0.469. The molecule has 3 nitrogen and oxygen atoms in total. The minimum atomic E-state index is -0.292. The van der Waals surface area contributed by atoms with Crippen LogP contribution in [0.2, 0.25) is 5.02 Å². The Morgan fingerprint density at radius 1 is 1.37 bits per heavy atom. The summed E-state index contributed by atoms with van der Waals surface area (Å²) in [4.78, 5) is 6.19. The molecule has 0 heterocycles. The Hall–Kier alpha value is -0.560. The van der Waals surface area contributed by atoms with Crippen LogP contribution in [-0.2, 0) is 6.42 Å². The van der Waals surface area contributed by atoms with Gasteiger partial charge in [0.1, 0.15) is 5.82 Å². The molecule has 0 spiro atoms. The van der Waals surface area contributed by atoms with E-state index < -0.39 is 0 Å². The molecule has 0 fully saturated rings. The summed E-state index contributed by atoms with van der Waals surface area (Å²) in [6.45, 7) is 6.08. The molecule has 0 aliphatic carbocycles. The molecule has 0 radical (unpaired) electrons. The van der Waals surface area contributed by atoms with E-state index in [9.17, 15) is 4.39 Å². The minimum Gasteiger partial charge on any atom is -0.370 e. The third kappa shape index (κ3) is 5.52. The predicted octanol–water partition coefficient (Wildman–Crippen LogP) is 3.30. The van der Waals surface area contributed by atoms with E-state index in [4.69, 9.17) is 17.3 Å². The summed E-state index contributed by atoms with van der Waals surface area (Å²) in [6.07, 6.45) is 0.452. The van der Waals surface area contributed by atoms with E-state index in [0.717, 1.165) is 13.1 Å². The van der Waals surface area contributed by atoms with Gasteiger partial charge in [-0.1, -0.05) is 17.7 Å². The summed E-state index contributed by atoms with van der Waals surface area (Å²) >= 11 is 5.93. The third-order valence-corrected chi connectivity index (χ3v) is 3.14. The second-order valence-corrected chi connectivity index (χ2v) is 4.27. The van der Waals surface area contributed by atoms with E-state index in [0.29, 0.717) is 29.5 Å². The van der Waals surface area contributed by atoms with E-state index in [-0.39, 0.29) is 29.8 Å². The number of benzene rings is 1. The Morgan fingerprint density at radius 3 is 2.53 bits per heavy atom. The lowest BCUT2D eigenvalue weighted by molar-refractivity contribution is 0.458. The first-order chi connectivity index (χ1) is 8.60. The lowest BCUT2D eigenvalue weighted by atomic mass is 10.1. The molecule has 0 aliphatic rings. The molecule has 0 amide bonds. The van der Waals surface area contributed by atoms with Crippen LogP contribution in [0.5, 0.6) is 0 Å². The molecule has 0 aromatic heterocycles. The van der Waals surface area contributed by atoms with Crippen molar-refractivity contribution >= 4 is 41.5 Å². The van der Waals surface area contributed by atoms with Crippen LogP contribution >= 0.6 is 35.6 Å². The van der Waals surface area contributed by atoms with Crippen molar-refractivity contribution in [3.8, 4) is 0 Å². The average molecular weight is 400 g/mol. The first-order valence-electron chi connectivity index (χ1n) is 6.07. The minimum absolute atomic E-state index is 0. The molecule has 0 saturated heterocycles. The Bertz CT molecular complexity index is 402. The van der Waals surface area contributed by atoms with Crippen molar-refractivity contribution < 1.29 is 4.39 Å². The molecular weight excluding hydrogens is 380 g/mol. The van der Waals surface area contributed by atoms with Crippen molar-refractivity contribution in [1.29, 1.82) is 0 Å². The van der Waals surface area contributed by atoms with Crippen LogP contribution in [0.25, 0.3) is 0 Å². The molecular formula is C13H20ClFIN3. The fraction of sp³-hybridized carbons (Fsp3) is 0.462. The van der Waals surface area contributed by atoms with Crippen LogP contribution in [0.1, 0.15) is 19.4 Å². The van der Waals surface area contributed by atoms with Crippen molar-refractivity contribution in [2.24, 2.45) is 10.7 Å². The number of nitrogens with two attached hydrogens (primary N) is 1. The first kappa shape index (κ1) is 18.4. The number of aliphatic imine (C=N–C) groups is 1. The van der Waals surface area contributed by atoms with Gasteiger partial charge in [0.2, 0.25) is 0 Å². The maximum absolute atomic E-state index is 13.5. The van der Waals surface area contributed by atoms with E-state index in [1.807, 2.05) is 18.7 Å². The average Bonchev–Trinajstić information content (AvgIpc) is 2.34. The highest BCUT2D eigenvalue weighted by atomic mass is 127. The SMILES string of the molecule is CCN(CC)C(N)=NCCc1c(F)cccc1Cl.I. The van der Waals surface area contributed by atoms with Gasteiger partial charge in [0.15, 0.2) is 5.96 Å². The molecule has 19 heavy (non-hydrogen) atoms. The Kier molecular flexibility index (Phi) is 9.08. The van der Waals surface area contributed by atoms with Gasteiger partial charge < -0.3 is 10.6 Å². The lowest BCUT2D eigenvalue weighted by Crippen LogP contribution is -2.37. The fourth-order valence-electron chi connectivity index (χ4n) is 1.70. The van der Waals surface area contributed by atoms with Crippen LogP contribution in [-0.4, -0.2) is 30.5 Å². The Balaban J connectivity index is 0.00000324. The maximum atomic E-state index is 13.5. The van der Waals surface area contributed by atoms with Crippen LogP contribution < -0.4 is 5.73 Å². The molecule has 108 valence electrons. The number of hydrogen-bond acceptors (Lipinski definition) is 1. The van der Waals surface area contributed by atoms with Gasteiger partial charge in [-0.2, -0.15) is 0 Å². The number of guanidine groups is 1. The standard InChI is InChI=1S/C13H19ClFN3.HI/c1-3-18(4-2)13(16)17-9-8-10-11(14)6-5-7-12(10)15;/h5-7H,3-4,8-9H2,1-2H3,(H2,16,17);1H. The molecule has 0 bridgehead atoms. The van der Waals surface area contributed by atoms with Crippen molar-refractivity contribution in [3.05, 3.63) is 34.6 Å². The molecule has 0 unspecified atom stereocenters. The third-order valence-electron chi connectivity index (χ3n) is 2.78. The smallest absolute Gasteiger partial charge is 0.191 e. The van der Waals surface area contributed by atoms with Gasteiger partial charge in [-0.15, -0.1) is 24.0 Å². The van der Waals surface area contributed by atoms with E-state index in [1.54, 1.807) is 12.1 Å². The summed E-state index contributed by atoms with van der Waals surface area (Å²) in [5, 5.41) is 0.437. The Morgan fingerprint density at radius 2 is 2.00 bits per heavy atom. The lowest BCUT2D eigenvalue weighted by Gasteiger charge is -2.19. The fourth-order valence-corrected chi connectivity index (χ4v) is 1.96. The van der Waals surface area contributed by atoms with E-state index >= 15 is 0 Å². The zero-order valence-electron chi connectivity index (χ0n) is 11.2. The predicted molar refractivity (Wildman–Crippen MR) is 89.9 cm³/mol. The summed E-state index contributed by atoms with van der Waals surface area (Å²) in [6, 6.07) is 4.67. The molecule has 1 rings (SSSR count). The van der Waals surface area contributed by atoms with Crippen LogP contribution in [0.3, 0.4) is 0 Å². The van der Waals surface area contributed by atoms with Crippen LogP contribution in [0.15, 0.2) is 23.2 Å². The zero-order valence-corrected chi connectivity index (χ0v) is 14.3. The second kappa shape index (κ2) is 9.36. The van der Waals surface area contributed by atoms with Gasteiger partial charge in [0.25, 0.3) is 0 Å². The molecule has 6 heteroatoms. The summed E-state index contributed by atoms with van der Waals surface area (Å²) < 4.78 is 13.5. The summed E-state index contributed by atoms with van der Waals surface area (Å²) in [5.74, 6) is 0.201. The van der Waals surface area contributed by atoms with Crippen molar-refractivity contribution in [1.82, 2.24) is 4.90 Å². The first-order valence-corrected chi connectivity index (χ1v) is 6.45. The molecule has 0 atom stereocenters. The molecule has 0 saturated carbocycles. The summed E-state index contributed by atoms with van der Waals surface area (Å²) in [7, 11) is 0. The maximum Gasteiger partial charge on any atom is 0.191 e. The number of rotatable bonds is 5. The van der Waals surface area contributed by atoms with Crippen molar-refractivity contribution in [2.45, 2.75) is 20.3 Å². The van der Waals surface area contributed by atoms with Gasteiger partial charge in [0.05, 0.1) is 0 Å². The zero-order chi connectivity index (χ0) is 13.5. The second-order valence-electron chi connectivity index (χ2n) is 3.86. The highest BCUT2D eigenvalue weighted by Gasteiger charge is 2.06. The van der Waals surface area contributed by atoms with Crippen LogP contribution in [0.4, 0.5) is 4.39 Å². The van der Waals surface area contributed by atoms with Crippen LogP contribution in [0, 0.1) is 5.82 Å². The molecule has 1 aromatic carbocycles. The number of hydrogen-bond donors (Lipinski definition) is 1. The highest BCUT2D eigenvalue weighted by Crippen LogP contribution is 2.19. The monoisotopic (exact) mass is 399 g/mol. The largest absolute Gasteiger partial charge is 0.370 e. The summed E-state index contributed by atoms with van der Waals surface area (Å²) in [5.41, 5.74) is 6.32. The van der Waals surface area contributed by atoms with E-state index in [2.05, 4.69) is 4.99 Å². The number of halogens is 3. The molecule has 1 aromatic rings. The normalized spacial score (nSPS) is 11.1. The number of nitrogens with zero attached hydrogens (tertiary/aromatic N) is 2. The molecule has 0 aliphatic heterocycles. The molecule has 2 N–H and O–H groups in total. The Labute approximate surface area is 136 Å². The van der Waals surface area contributed by atoms with Gasteiger partial charge in [-0.3, -0.25) is 4.99 Å². The highest BCUT2D eigenvalue weighted by molar-refractivity contribution is 14.0. The topological polar surface area (TPSA) is 41.6 Å². The van der Waals surface area contributed by atoms with Gasteiger partial charge in [-0.05, 0) is 32.4 Å². The van der Waals surface area contributed by atoms with Crippen molar-refractivity contribution in [2.75, 3.05) is 19.6 Å². The van der Waals surface area contributed by atoms with Gasteiger partial charge in [0, 0.05) is 30.2 Å². The van der Waals surface area contributed by atoms with Gasteiger partial charge >= 0.3 is 0 Å². The van der Waals surface area contributed by atoms with E-state index in [1.165, 1.54) is 6.07 Å². The van der Waals surface area contributed by atoms with Gasteiger partial charge in [-0.25, -0.2) is 4.39 Å².